The van der Waals surface area contributed by atoms with Crippen LogP contribution in [0.25, 0.3) is 5.69 Å². The van der Waals surface area contributed by atoms with E-state index in [1.165, 1.54) is 0 Å². The van der Waals surface area contributed by atoms with Gasteiger partial charge in [-0.25, -0.2) is 4.68 Å². The van der Waals surface area contributed by atoms with Crippen LogP contribution in [0.15, 0.2) is 36.5 Å². The van der Waals surface area contributed by atoms with Crippen LogP contribution in [0.1, 0.15) is 18.5 Å². The molecule has 1 heterocycles. The first kappa shape index (κ1) is 11.3. The molecule has 1 aliphatic carbocycles. The third-order valence-electron chi connectivity index (χ3n) is 3.71. The Hall–Kier alpha value is -1.81. The van der Waals surface area contributed by atoms with E-state index >= 15 is 0 Å². The second-order valence-corrected chi connectivity index (χ2v) is 4.83. The van der Waals surface area contributed by atoms with Crippen molar-refractivity contribution in [3.63, 3.8) is 0 Å². The van der Waals surface area contributed by atoms with Gasteiger partial charge in [-0.2, -0.15) is 5.10 Å². The smallest absolute Gasteiger partial charge is 0.119 e. The molecule has 4 heteroatoms. The van der Waals surface area contributed by atoms with Gasteiger partial charge in [-0.15, -0.1) is 0 Å². The Morgan fingerprint density at radius 3 is 2.56 bits per heavy atom. The van der Waals surface area contributed by atoms with E-state index in [1.807, 2.05) is 35.1 Å². The minimum absolute atomic E-state index is 0.151. The lowest BCUT2D eigenvalue weighted by Gasteiger charge is -2.08. The lowest BCUT2D eigenvalue weighted by molar-refractivity contribution is 0.414. The first-order valence-corrected chi connectivity index (χ1v) is 6.18. The molecule has 0 amide bonds. The molecule has 0 bridgehead atoms. The van der Waals surface area contributed by atoms with E-state index in [2.05, 4.69) is 11.2 Å². The average molecular weight is 243 g/mol. The monoisotopic (exact) mass is 243 g/mol. The van der Waals surface area contributed by atoms with Gasteiger partial charge in [0, 0.05) is 18.2 Å². The fourth-order valence-corrected chi connectivity index (χ4v) is 2.20. The lowest BCUT2D eigenvalue weighted by atomic mass is 10.0. The quantitative estimate of drug-likeness (QED) is 0.892. The molecular formula is C14H17N3O. The Labute approximate surface area is 106 Å². The molecular weight excluding hydrogens is 226 g/mol. The number of aromatic nitrogens is 2. The largest absolute Gasteiger partial charge is 0.497 e. The Morgan fingerprint density at radius 2 is 2.00 bits per heavy atom. The molecule has 0 radical (unpaired) electrons. The molecule has 1 aromatic heterocycles. The summed E-state index contributed by atoms with van der Waals surface area (Å²) in [6, 6.07) is 9.94. The molecule has 2 aromatic rings. The van der Waals surface area contributed by atoms with Crippen LogP contribution in [0.2, 0.25) is 0 Å². The van der Waals surface area contributed by atoms with E-state index in [0.29, 0.717) is 6.54 Å². The summed E-state index contributed by atoms with van der Waals surface area (Å²) in [7, 11) is 1.67. The molecule has 4 nitrogen and oxygen atoms in total. The van der Waals surface area contributed by atoms with Gasteiger partial charge >= 0.3 is 0 Å². The molecule has 1 aliphatic rings. The predicted octanol–water partition coefficient (Wildman–Crippen LogP) is 1.87. The van der Waals surface area contributed by atoms with Gasteiger partial charge in [0.15, 0.2) is 0 Å². The molecule has 18 heavy (non-hydrogen) atoms. The predicted molar refractivity (Wildman–Crippen MR) is 70.1 cm³/mol. The molecule has 0 spiro atoms. The summed E-state index contributed by atoms with van der Waals surface area (Å²) in [4.78, 5) is 0. The molecule has 0 unspecified atom stereocenters. The van der Waals surface area contributed by atoms with Crippen LogP contribution in [-0.4, -0.2) is 23.4 Å². The molecule has 0 saturated heterocycles. The summed E-state index contributed by atoms with van der Waals surface area (Å²) >= 11 is 0. The Morgan fingerprint density at radius 1 is 1.28 bits per heavy atom. The molecule has 3 rings (SSSR count). The number of hydrogen-bond donors (Lipinski definition) is 1. The van der Waals surface area contributed by atoms with Crippen molar-refractivity contribution < 1.29 is 4.74 Å². The van der Waals surface area contributed by atoms with Gasteiger partial charge < -0.3 is 10.5 Å². The molecule has 0 atom stereocenters. The van der Waals surface area contributed by atoms with Crippen LogP contribution >= 0.6 is 0 Å². The highest BCUT2D eigenvalue weighted by Crippen LogP contribution is 2.46. The van der Waals surface area contributed by atoms with E-state index in [-0.39, 0.29) is 5.41 Å². The zero-order valence-electron chi connectivity index (χ0n) is 10.5. The number of methoxy groups -OCH3 is 1. The minimum Gasteiger partial charge on any atom is -0.497 e. The Kier molecular flexibility index (Phi) is 2.59. The topological polar surface area (TPSA) is 53.1 Å². The van der Waals surface area contributed by atoms with Crippen molar-refractivity contribution in [3.8, 4) is 11.4 Å². The summed E-state index contributed by atoms with van der Waals surface area (Å²) < 4.78 is 7.04. The third kappa shape index (κ3) is 1.78. The van der Waals surface area contributed by atoms with Gasteiger partial charge in [-0.05, 0) is 43.2 Å². The van der Waals surface area contributed by atoms with Crippen molar-refractivity contribution in [2.45, 2.75) is 18.3 Å². The van der Waals surface area contributed by atoms with Gasteiger partial charge in [-0.3, -0.25) is 0 Å². The highest BCUT2D eigenvalue weighted by molar-refractivity contribution is 5.37. The summed E-state index contributed by atoms with van der Waals surface area (Å²) in [5.41, 5.74) is 8.12. The van der Waals surface area contributed by atoms with Crippen LogP contribution in [0.4, 0.5) is 0 Å². The first-order chi connectivity index (χ1) is 8.77. The highest BCUT2D eigenvalue weighted by Gasteiger charge is 2.44. The Bertz CT molecular complexity index is 540. The van der Waals surface area contributed by atoms with Gasteiger partial charge in [-0.1, -0.05) is 0 Å². The van der Waals surface area contributed by atoms with Crippen molar-refractivity contribution in [2.24, 2.45) is 5.73 Å². The SMILES string of the molecule is COc1ccc(-n2ccc(C3(CN)CC3)n2)cc1. The first-order valence-electron chi connectivity index (χ1n) is 6.18. The lowest BCUT2D eigenvalue weighted by Crippen LogP contribution is -2.20. The standard InChI is InChI=1S/C14H17N3O/c1-18-12-4-2-11(3-5-12)17-9-6-13(16-17)14(10-15)7-8-14/h2-6,9H,7-8,10,15H2,1H3. The number of rotatable bonds is 4. The van der Waals surface area contributed by atoms with Crippen LogP contribution < -0.4 is 10.5 Å². The van der Waals surface area contributed by atoms with Crippen LogP contribution in [0, 0.1) is 0 Å². The summed E-state index contributed by atoms with van der Waals surface area (Å²) in [5, 5.41) is 4.64. The number of benzene rings is 1. The van der Waals surface area contributed by atoms with Gasteiger partial charge in [0.1, 0.15) is 5.75 Å². The van der Waals surface area contributed by atoms with Gasteiger partial charge in [0.2, 0.25) is 0 Å². The summed E-state index contributed by atoms with van der Waals surface area (Å²) in [6.07, 6.45) is 4.30. The van der Waals surface area contributed by atoms with Crippen molar-refractivity contribution in [1.82, 2.24) is 9.78 Å². The van der Waals surface area contributed by atoms with Crippen LogP contribution in [0.3, 0.4) is 0 Å². The number of nitrogens with two attached hydrogens (primary N) is 1. The minimum atomic E-state index is 0.151. The van der Waals surface area contributed by atoms with Gasteiger partial charge in [0.05, 0.1) is 18.5 Å². The number of ether oxygens (including phenoxy) is 1. The van der Waals surface area contributed by atoms with Crippen LogP contribution in [0.5, 0.6) is 5.75 Å². The van der Waals surface area contributed by atoms with E-state index < -0.39 is 0 Å². The van der Waals surface area contributed by atoms with E-state index in [0.717, 1.165) is 30.0 Å². The molecule has 1 saturated carbocycles. The molecule has 2 N–H and O–H groups in total. The number of nitrogens with zero attached hydrogens (tertiary/aromatic N) is 2. The zero-order valence-corrected chi connectivity index (χ0v) is 10.5. The van der Waals surface area contributed by atoms with Crippen LogP contribution in [-0.2, 0) is 5.41 Å². The van der Waals surface area contributed by atoms with E-state index in [4.69, 9.17) is 10.5 Å². The molecule has 1 aromatic carbocycles. The second-order valence-electron chi connectivity index (χ2n) is 4.83. The van der Waals surface area contributed by atoms with Crippen molar-refractivity contribution in [3.05, 3.63) is 42.2 Å². The van der Waals surface area contributed by atoms with Gasteiger partial charge in [0.25, 0.3) is 0 Å². The normalized spacial score (nSPS) is 16.6. The van der Waals surface area contributed by atoms with Crippen molar-refractivity contribution in [2.75, 3.05) is 13.7 Å². The van der Waals surface area contributed by atoms with Crippen molar-refractivity contribution >= 4 is 0 Å². The fourth-order valence-electron chi connectivity index (χ4n) is 2.20. The molecule has 1 fully saturated rings. The number of hydrogen-bond acceptors (Lipinski definition) is 3. The molecule has 94 valence electrons. The Balaban J connectivity index is 1.88. The van der Waals surface area contributed by atoms with E-state index in [1.54, 1.807) is 7.11 Å². The maximum atomic E-state index is 5.82. The third-order valence-corrected chi connectivity index (χ3v) is 3.71. The second kappa shape index (κ2) is 4.14. The van der Waals surface area contributed by atoms with E-state index in [9.17, 15) is 0 Å². The molecule has 0 aliphatic heterocycles. The summed E-state index contributed by atoms with van der Waals surface area (Å²) in [5.74, 6) is 0.853. The maximum absolute atomic E-state index is 5.82. The zero-order chi connectivity index (χ0) is 12.6. The highest BCUT2D eigenvalue weighted by atomic mass is 16.5. The maximum Gasteiger partial charge on any atom is 0.119 e. The van der Waals surface area contributed by atoms with Crippen molar-refractivity contribution in [1.29, 1.82) is 0 Å². The summed E-state index contributed by atoms with van der Waals surface area (Å²) in [6.45, 7) is 0.687. The average Bonchev–Trinajstić information content (AvgIpc) is 3.08. The fraction of sp³-hybridized carbons (Fsp3) is 0.357.